The van der Waals surface area contributed by atoms with Crippen molar-refractivity contribution in [2.45, 2.75) is 25.5 Å². The van der Waals surface area contributed by atoms with E-state index in [1.165, 1.54) is 24.3 Å². The molecule has 1 aromatic rings. The van der Waals surface area contributed by atoms with Crippen molar-refractivity contribution in [3.63, 3.8) is 0 Å². The molecule has 116 valence electrons. The maximum atomic E-state index is 12.1. The maximum absolute atomic E-state index is 12.1. The molecule has 0 heterocycles. The highest BCUT2D eigenvalue weighted by Gasteiger charge is 2.34. The normalized spacial score (nSPS) is 13.1. The Kier molecular flexibility index (Phi) is 5.42. The molecule has 8 heteroatoms. The quantitative estimate of drug-likeness (QED) is 0.604. The topological polar surface area (TPSA) is 115 Å². The van der Waals surface area contributed by atoms with E-state index in [1.807, 2.05) is 0 Å². The molecule has 0 spiro atoms. The SMILES string of the molecule is CC(C)C(C(=O)O)S(=O)(=O)CCc1ccc([N+](=O)[O-])cc1. The molecule has 7 nitrogen and oxygen atoms in total. The highest BCUT2D eigenvalue weighted by molar-refractivity contribution is 7.92. The zero-order valence-corrected chi connectivity index (χ0v) is 12.5. The second-order valence-corrected chi connectivity index (χ2v) is 7.29. The Morgan fingerprint density at radius 2 is 1.81 bits per heavy atom. The van der Waals surface area contributed by atoms with Gasteiger partial charge in [-0.25, -0.2) is 8.42 Å². The van der Waals surface area contributed by atoms with Crippen LogP contribution >= 0.6 is 0 Å². The minimum absolute atomic E-state index is 0.0767. The molecule has 0 bridgehead atoms. The highest BCUT2D eigenvalue weighted by Crippen LogP contribution is 2.17. The third-order valence-electron chi connectivity index (χ3n) is 3.06. The summed E-state index contributed by atoms with van der Waals surface area (Å²) in [4.78, 5) is 21.0. The van der Waals surface area contributed by atoms with Crippen LogP contribution in [0.25, 0.3) is 0 Å². The maximum Gasteiger partial charge on any atom is 0.322 e. The van der Waals surface area contributed by atoms with Crippen LogP contribution in [0.15, 0.2) is 24.3 Å². The van der Waals surface area contributed by atoms with Crippen molar-refractivity contribution in [1.82, 2.24) is 0 Å². The summed E-state index contributed by atoms with van der Waals surface area (Å²) in [7, 11) is -3.78. The Morgan fingerprint density at radius 3 is 2.19 bits per heavy atom. The number of nitrogens with zero attached hydrogens (tertiary/aromatic N) is 1. The molecule has 1 N–H and O–H groups in total. The van der Waals surface area contributed by atoms with Gasteiger partial charge in [-0.1, -0.05) is 26.0 Å². The third-order valence-corrected chi connectivity index (χ3v) is 5.35. The first-order valence-corrected chi connectivity index (χ1v) is 8.04. The Balaban J connectivity index is 2.81. The summed E-state index contributed by atoms with van der Waals surface area (Å²) in [6.07, 6.45) is 0.122. The van der Waals surface area contributed by atoms with E-state index in [0.29, 0.717) is 5.56 Å². The van der Waals surface area contributed by atoms with Crippen molar-refractivity contribution in [3.8, 4) is 0 Å². The van der Waals surface area contributed by atoms with Crippen LogP contribution < -0.4 is 0 Å². The molecular weight excluding hydrogens is 298 g/mol. The van der Waals surface area contributed by atoms with Crippen molar-refractivity contribution in [2.75, 3.05) is 5.75 Å². The van der Waals surface area contributed by atoms with Gasteiger partial charge < -0.3 is 5.11 Å². The number of carboxylic acid groups (broad SMARTS) is 1. The van der Waals surface area contributed by atoms with Crippen LogP contribution in [0.2, 0.25) is 0 Å². The average Bonchev–Trinajstić information content (AvgIpc) is 2.35. The number of aryl methyl sites for hydroxylation is 1. The van der Waals surface area contributed by atoms with Crippen molar-refractivity contribution < 1.29 is 23.2 Å². The number of non-ortho nitro benzene ring substituents is 1. The first kappa shape index (κ1) is 17.1. The van der Waals surface area contributed by atoms with Gasteiger partial charge >= 0.3 is 5.97 Å². The van der Waals surface area contributed by atoms with Gasteiger partial charge in [-0.2, -0.15) is 0 Å². The minimum atomic E-state index is -3.78. The van der Waals surface area contributed by atoms with Gasteiger partial charge in [-0.3, -0.25) is 14.9 Å². The van der Waals surface area contributed by atoms with Crippen molar-refractivity contribution in [2.24, 2.45) is 5.92 Å². The molecule has 0 aliphatic rings. The predicted octanol–water partition coefficient (Wildman–Crippen LogP) is 1.66. The lowest BCUT2D eigenvalue weighted by Gasteiger charge is -2.16. The van der Waals surface area contributed by atoms with E-state index in [0.717, 1.165) is 0 Å². The fraction of sp³-hybridized carbons (Fsp3) is 0.462. The van der Waals surface area contributed by atoms with Crippen LogP contribution in [0.4, 0.5) is 5.69 Å². The number of carboxylic acids is 1. The van der Waals surface area contributed by atoms with Gasteiger partial charge in [0.25, 0.3) is 5.69 Å². The molecule has 0 amide bonds. The smallest absolute Gasteiger partial charge is 0.322 e. The fourth-order valence-corrected chi connectivity index (χ4v) is 3.94. The molecule has 0 saturated carbocycles. The summed E-state index contributed by atoms with van der Waals surface area (Å²) >= 11 is 0. The highest BCUT2D eigenvalue weighted by atomic mass is 32.2. The number of aliphatic carboxylic acids is 1. The number of nitro groups is 1. The largest absolute Gasteiger partial charge is 0.480 e. The minimum Gasteiger partial charge on any atom is -0.480 e. The average molecular weight is 315 g/mol. The van der Waals surface area contributed by atoms with Gasteiger partial charge in [0.05, 0.1) is 10.7 Å². The van der Waals surface area contributed by atoms with Crippen LogP contribution in [0.1, 0.15) is 19.4 Å². The summed E-state index contributed by atoms with van der Waals surface area (Å²) in [5.74, 6) is -2.18. The standard InChI is InChI=1S/C13H17NO6S/c1-9(2)12(13(15)16)21(19,20)8-7-10-3-5-11(6-4-10)14(17)18/h3-6,9,12H,7-8H2,1-2H3,(H,15,16). The summed E-state index contributed by atoms with van der Waals surface area (Å²) in [6, 6.07) is 5.52. The third kappa shape index (κ3) is 4.52. The zero-order valence-electron chi connectivity index (χ0n) is 11.7. The van der Waals surface area contributed by atoms with Crippen LogP contribution in [0.3, 0.4) is 0 Å². The monoisotopic (exact) mass is 315 g/mol. The van der Waals surface area contributed by atoms with Crippen LogP contribution in [0.5, 0.6) is 0 Å². The second-order valence-electron chi connectivity index (χ2n) is 5.04. The number of rotatable bonds is 7. The number of sulfone groups is 1. The number of nitro benzene ring substituents is 1. The molecule has 0 aromatic heterocycles. The Labute approximate surface area is 122 Å². The molecule has 0 aliphatic heterocycles. The molecule has 1 atom stereocenters. The van der Waals surface area contributed by atoms with Crippen LogP contribution in [-0.2, 0) is 21.1 Å². The van der Waals surface area contributed by atoms with E-state index in [9.17, 15) is 23.3 Å². The summed E-state index contributed by atoms with van der Waals surface area (Å²) < 4.78 is 24.1. The first-order chi connectivity index (χ1) is 9.65. The predicted molar refractivity (Wildman–Crippen MR) is 76.8 cm³/mol. The van der Waals surface area contributed by atoms with Gasteiger partial charge in [-0.15, -0.1) is 0 Å². The van der Waals surface area contributed by atoms with Gasteiger partial charge in [-0.05, 0) is 17.9 Å². The summed E-state index contributed by atoms with van der Waals surface area (Å²) in [5.41, 5.74) is 0.532. The lowest BCUT2D eigenvalue weighted by Crippen LogP contribution is -2.37. The first-order valence-electron chi connectivity index (χ1n) is 6.33. The lowest BCUT2D eigenvalue weighted by atomic mass is 10.1. The molecular formula is C13H17NO6S. The zero-order chi connectivity index (χ0) is 16.2. The van der Waals surface area contributed by atoms with Crippen molar-refractivity contribution in [3.05, 3.63) is 39.9 Å². The van der Waals surface area contributed by atoms with Crippen LogP contribution in [-0.4, -0.2) is 35.4 Å². The van der Waals surface area contributed by atoms with E-state index in [4.69, 9.17) is 5.11 Å². The van der Waals surface area contributed by atoms with Gasteiger partial charge in [0.15, 0.2) is 15.1 Å². The van der Waals surface area contributed by atoms with E-state index >= 15 is 0 Å². The van der Waals surface area contributed by atoms with Crippen molar-refractivity contribution in [1.29, 1.82) is 0 Å². The van der Waals surface area contributed by atoms with Gasteiger partial charge in [0.2, 0.25) is 0 Å². The summed E-state index contributed by atoms with van der Waals surface area (Å²) in [6.45, 7) is 3.09. The molecule has 0 fully saturated rings. The Bertz CT molecular complexity index is 621. The Hall–Kier alpha value is -1.96. The number of hydrogen-bond donors (Lipinski definition) is 1. The molecule has 21 heavy (non-hydrogen) atoms. The van der Waals surface area contributed by atoms with E-state index in [1.54, 1.807) is 13.8 Å². The fourth-order valence-electron chi connectivity index (χ4n) is 2.02. The molecule has 0 saturated heterocycles. The summed E-state index contributed by atoms with van der Waals surface area (Å²) in [5, 5.41) is 18.1. The molecule has 0 aliphatic carbocycles. The lowest BCUT2D eigenvalue weighted by molar-refractivity contribution is -0.384. The van der Waals surface area contributed by atoms with Gasteiger partial charge in [0, 0.05) is 12.1 Å². The Morgan fingerprint density at radius 1 is 1.29 bits per heavy atom. The number of carbonyl (C=O) groups is 1. The second kappa shape index (κ2) is 6.66. The van der Waals surface area contributed by atoms with Crippen LogP contribution in [0, 0.1) is 16.0 Å². The van der Waals surface area contributed by atoms with E-state index in [-0.39, 0.29) is 17.9 Å². The molecule has 1 rings (SSSR count). The van der Waals surface area contributed by atoms with Gasteiger partial charge in [0.1, 0.15) is 0 Å². The van der Waals surface area contributed by atoms with E-state index in [2.05, 4.69) is 0 Å². The molecule has 0 radical (unpaired) electrons. The molecule has 1 unspecified atom stereocenters. The van der Waals surface area contributed by atoms with Crippen molar-refractivity contribution >= 4 is 21.5 Å². The van der Waals surface area contributed by atoms with E-state index < -0.39 is 31.9 Å². The number of hydrogen-bond acceptors (Lipinski definition) is 5. The number of benzene rings is 1. The molecule has 1 aromatic carbocycles.